The van der Waals surface area contributed by atoms with E-state index in [1.165, 1.54) is 40.3 Å². The maximum absolute atomic E-state index is 12.8. The van der Waals surface area contributed by atoms with E-state index in [1.54, 1.807) is 18.2 Å². The van der Waals surface area contributed by atoms with Crippen molar-refractivity contribution >= 4 is 0 Å². The van der Waals surface area contributed by atoms with Crippen molar-refractivity contribution in [3.8, 4) is 17.4 Å². The zero-order valence-corrected chi connectivity index (χ0v) is 18.0. The minimum atomic E-state index is -4.40. The average Bonchev–Trinajstić information content (AvgIpc) is 3.05. The molecule has 2 heterocycles. The Bertz CT molecular complexity index is 1130. The summed E-state index contributed by atoms with van der Waals surface area (Å²) in [5.41, 5.74) is -0.281. The van der Waals surface area contributed by atoms with Crippen LogP contribution in [-0.2, 0) is 19.3 Å². The van der Waals surface area contributed by atoms with Crippen LogP contribution in [0.5, 0.6) is 17.4 Å². The number of ether oxygens (including phenoxy) is 1. The van der Waals surface area contributed by atoms with Crippen molar-refractivity contribution in [2.75, 3.05) is 6.54 Å². The van der Waals surface area contributed by atoms with Crippen molar-refractivity contribution in [1.82, 2.24) is 14.5 Å². The molecule has 4 rings (SSSR count). The lowest BCUT2D eigenvalue weighted by molar-refractivity contribution is -0.137. The molecular formula is C24H26F3N3O3. The summed E-state index contributed by atoms with van der Waals surface area (Å²) in [5, 5.41) is 13.7. The van der Waals surface area contributed by atoms with E-state index in [0.29, 0.717) is 18.3 Å². The Morgan fingerprint density at radius 3 is 2.58 bits per heavy atom. The number of piperidine rings is 1. The Morgan fingerprint density at radius 2 is 1.88 bits per heavy atom. The Morgan fingerprint density at radius 1 is 1.09 bits per heavy atom. The molecular weight excluding hydrogens is 435 g/mol. The molecule has 0 bridgehead atoms. The number of nitrogens with zero attached hydrogens (tertiary/aromatic N) is 2. The van der Waals surface area contributed by atoms with Crippen molar-refractivity contribution in [2.45, 2.75) is 51.0 Å². The number of hydrogen-bond acceptors (Lipinski definition) is 4. The highest BCUT2D eigenvalue weighted by molar-refractivity contribution is 5.36. The molecule has 3 aromatic rings. The van der Waals surface area contributed by atoms with Crippen molar-refractivity contribution in [3.05, 3.63) is 76.3 Å². The zero-order valence-electron chi connectivity index (χ0n) is 18.0. The van der Waals surface area contributed by atoms with Crippen molar-refractivity contribution in [1.29, 1.82) is 0 Å². The summed E-state index contributed by atoms with van der Waals surface area (Å²) in [6, 6.07) is 11.8. The molecule has 33 heavy (non-hydrogen) atoms. The third-order valence-electron chi connectivity index (χ3n) is 5.81. The summed E-state index contributed by atoms with van der Waals surface area (Å²) in [4.78, 5) is 12.8. The molecule has 0 saturated carbocycles. The van der Waals surface area contributed by atoms with Gasteiger partial charge in [-0.3, -0.25) is 9.13 Å². The van der Waals surface area contributed by atoms with Gasteiger partial charge in [-0.05, 0) is 67.8 Å². The van der Waals surface area contributed by atoms with Crippen LogP contribution in [0.1, 0.15) is 36.8 Å². The van der Waals surface area contributed by atoms with Crippen LogP contribution in [-0.4, -0.2) is 26.8 Å². The summed E-state index contributed by atoms with van der Waals surface area (Å²) in [7, 11) is 0. The van der Waals surface area contributed by atoms with Gasteiger partial charge in [0.1, 0.15) is 11.5 Å². The first kappa shape index (κ1) is 23.0. The molecule has 0 amide bonds. The van der Waals surface area contributed by atoms with Crippen molar-refractivity contribution in [3.63, 3.8) is 0 Å². The first-order valence-corrected chi connectivity index (χ1v) is 11.0. The fraction of sp³-hybridized carbons (Fsp3) is 0.375. The van der Waals surface area contributed by atoms with Crippen LogP contribution in [0.15, 0.2) is 59.5 Å². The second-order valence-electron chi connectivity index (χ2n) is 8.26. The molecule has 1 aromatic heterocycles. The third kappa shape index (κ3) is 5.78. The van der Waals surface area contributed by atoms with E-state index in [4.69, 9.17) is 4.74 Å². The van der Waals surface area contributed by atoms with Gasteiger partial charge in [-0.2, -0.15) is 13.2 Å². The Balaban J connectivity index is 1.42. The number of alkyl halides is 3. The number of halogens is 3. The van der Waals surface area contributed by atoms with Crippen LogP contribution in [0.3, 0.4) is 0 Å². The van der Waals surface area contributed by atoms with Gasteiger partial charge in [0.05, 0.1) is 18.3 Å². The number of aromatic hydroxyl groups is 1. The van der Waals surface area contributed by atoms with Gasteiger partial charge in [-0.25, -0.2) is 4.79 Å². The molecule has 1 saturated heterocycles. The van der Waals surface area contributed by atoms with E-state index in [1.807, 2.05) is 6.07 Å². The predicted octanol–water partition coefficient (Wildman–Crippen LogP) is 4.75. The SMILES string of the molecule is O=c1n(Cc2cccc(Oc3ccc(C(F)(F)F)cc3)c2)cc(O)n1CCC1CCCCN1. The normalized spacial score (nSPS) is 16.6. The molecule has 1 aliphatic heterocycles. The molecule has 1 atom stereocenters. The van der Waals surface area contributed by atoms with E-state index < -0.39 is 11.7 Å². The van der Waals surface area contributed by atoms with E-state index in [9.17, 15) is 23.1 Å². The van der Waals surface area contributed by atoms with Crippen molar-refractivity contribution in [2.24, 2.45) is 0 Å². The Labute approximate surface area is 189 Å². The monoisotopic (exact) mass is 461 g/mol. The van der Waals surface area contributed by atoms with Crippen LogP contribution >= 0.6 is 0 Å². The van der Waals surface area contributed by atoms with Gasteiger partial charge in [0.25, 0.3) is 0 Å². The summed E-state index contributed by atoms with van der Waals surface area (Å²) in [5.74, 6) is 0.637. The van der Waals surface area contributed by atoms with Crippen LogP contribution in [0.2, 0.25) is 0 Å². The highest BCUT2D eigenvalue weighted by Gasteiger charge is 2.30. The maximum Gasteiger partial charge on any atom is 0.416 e. The van der Waals surface area contributed by atoms with Gasteiger partial charge in [-0.15, -0.1) is 0 Å². The molecule has 6 nitrogen and oxygen atoms in total. The van der Waals surface area contributed by atoms with E-state index >= 15 is 0 Å². The maximum atomic E-state index is 12.8. The first-order chi connectivity index (χ1) is 15.8. The van der Waals surface area contributed by atoms with Gasteiger partial charge in [-0.1, -0.05) is 18.6 Å². The topological polar surface area (TPSA) is 68.4 Å². The summed E-state index contributed by atoms with van der Waals surface area (Å²) >= 11 is 0. The standard InChI is InChI=1S/C24H26F3N3O3/c25-24(26,27)18-7-9-20(10-8-18)33-21-6-3-4-17(14-21)15-29-16-22(31)30(23(29)32)13-11-19-5-1-2-12-28-19/h3-4,6-10,14,16,19,28,31H,1-2,5,11-13,15H2. The van der Waals surface area contributed by atoms with Gasteiger partial charge >= 0.3 is 11.9 Å². The minimum absolute atomic E-state index is 0.0760. The van der Waals surface area contributed by atoms with E-state index in [2.05, 4.69) is 5.32 Å². The molecule has 1 fully saturated rings. The van der Waals surface area contributed by atoms with Gasteiger partial charge < -0.3 is 15.2 Å². The highest BCUT2D eigenvalue weighted by atomic mass is 19.4. The summed E-state index contributed by atoms with van der Waals surface area (Å²) in [6.45, 7) is 1.65. The van der Waals surface area contributed by atoms with E-state index in [-0.39, 0.29) is 23.9 Å². The zero-order chi connectivity index (χ0) is 23.4. The van der Waals surface area contributed by atoms with E-state index in [0.717, 1.165) is 37.1 Å². The molecule has 176 valence electrons. The molecule has 0 aliphatic carbocycles. The largest absolute Gasteiger partial charge is 0.493 e. The fourth-order valence-corrected chi connectivity index (χ4v) is 4.05. The summed E-state index contributed by atoms with van der Waals surface area (Å²) < 4.78 is 46.6. The number of aromatic nitrogens is 2. The number of benzene rings is 2. The molecule has 1 unspecified atom stereocenters. The number of nitrogens with one attached hydrogen (secondary N) is 1. The lowest BCUT2D eigenvalue weighted by atomic mass is 10.0. The molecule has 0 radical (unpaired) electrons. The molecule has 2 N–H and O–H groups in total. The molecule has 1 aliphatic rings. The number of imidazole rings is 1. The second kappa shape index (κ2) is 9.74. The molecule has 2 aromatic carbocycles. The van der Waals surface area contributed by atoms with Crippen LogP contribution in [0.25, 0.3) is 0 Å². The minimum Gasteiger partial charge on any atom is -0.493 e. The predicted molar refractivity (Wildman–Crippen MR) is 118 cm³/mol. The van der Waals surface area contributed by atoms with Gasteiger partial charge in [0.15, 0.2) is 0 Å². The quantitative estimate of drug-likeness (QED) is 0.533. The lowest BCUT2D eigenvalue weighted by Crippen LogP contribution is -2.35. The molecule has 9 heteroatoms. The summed E-state index contributed by atoms with van der Waals surface area (Å²) in [6.07, 6.45) is 1.20. The highest BCUT2D eigenvalue weighted by Crippen LogP contribution is 2.31. The fourth-order valence-electron chi connectivity index (χ4n) is 4.05. The Hall–Kier alpha value is -3.20. The van der Waals surface area contributed by atoms with Gasteiger partial charge in [0, 0.05) is 12.6 Å². The van der Waals surface area contributed by atoms with Crippen LogP contribution in [0.4, 0.5) is 13.2 Å². The number of rotatable bonds is 7. The average molecular weight is 461 g/mol. The third-order valence-corrected chi connectivity index (χ3v) is 5.81. The second-order valence-corrected chi connectivity index (χ2v) is 8.26. The smallest absolute Gasteiger partial charge is 0.416 e. The van der Waals surface area contributed by atoms with Crippen LogP contribution < -0.4 is 15.7 Å². The van der Waals surface area contributed by atoms with Gasteiger partial charge in [0.2, 0.25) is 5.88 Å². The Kier molecular flexibility index (Phi) is 6.78. The lowest BCUT2D eigenvalue weighted by Gasteiger charge is -2.23. The van der Waals surface area contributed by atoms with Crippen molar-refractivity contribution < 1.29 is 23.0 Å². The van der Waals surface area contributed by atoms with Crippen LogP contribution in [0, 0.1) is 0 Å². The number of hydrogen-bond donors (Lipinski definition) is 2. The first-order valence-electron chi connectivity index (χ1n) is 11.0. The molecule has 0 spiro atoms.